The van der Waals surface area contributed by atoms with E-state index >= 15 is 0 Å². The number of benzene rings is 1. The molecule has 0 amide bonds. The van der Waals surface area contributed by atoms with E-state index in [1.807, 2.05) is 61.6 Å². The van der Waals surface area contributed by atoms with Gasteiger partial charge in [0.05, 0.1) is 12.2 Å². The lowest BCUT2D eigenvalue weighted by atomic mass is 10.1. The summed E-state index contributed by atoms with van der Waals surface area (Å²) in [6.45, 7) is 3.23. The summed E-state index contributed by atoms with van der Waals surface area (Å²) < 4.78 is 5.60. The second kappa shape index (κ2) is 9.03. The third kappa shape index (κ3) is 5.09. The summed E-state index contributed by atoms with van der Waals surface area (Å²) in [6.07, 6.45) is 3.48. The first-order valence-corrected chi connectivity index (χ1v) is 9.13. The van der Waals surface area contributed by atoms with Gasteiger partial charge < -0.3 is 20.0 Å². The predicted octanol–water partition coefficient (Wildman–Crippen LogP) is 2.98. The zero-order valence-electron chi connectivity index (χ0n) is 16.7. The van der Waals surface area contributed by atoms with Crippen molar-refractivity contribution in [3.8, 4) is 11.5 Å². The molecule has 7 nitrogen and oxygen atoms in total. The van der Waals surface area contributed by atoms with Crippen LogP contribution in [-0.2, 0) is 13.1 Å². The SMILES string of the molecule is CN=C(NCc1ccnc(N(C)C)c1)NCc1coc(-c2ccc(C)cc2)n1. The number of aromatic nitrogens is 2. The van der Waals surface area contributed by atoms with Gasteiger partial charge >= 0.3 is 0 Å². The van der Waals surface area contributed by atoms with E-state index in [0.717, 1.165) is 22.6 Å². The molecule has 0 saturated carbocycles. The summed E-state index contributed by atoms with van der Waals surface area (Å²) in [4.78, 5) is 15.1. The Kier molecular flexibility index (Phi) is 6.26. The van der Waals surface area contributed by atoms with Gasteiger partial charge in [-0.1, -0.05) is 17.7 Å². The van der Waals surface area contributed by atoms with Crippen molar-refractivity contribution in [1.82, 2.24) is 20.6 Å². The number of hydrogen-bond acceptors (Lipinski definition) is 5. The predicted molar refractivity (Wildman–Crippen MR) is 112 cm³/mol. The molecule has 0 saturated heterocycles. The first-order valence-electron chi connectivity index (χ1n) is 9.13. The smallest absolute Gasteiger partial charge is 0.226 e. The first-order chi connectivity index (χ1) is 13.5. The van der Waals surface area contributed by atoms with Crippen molar-refractivity contribution < 1.29 is 4.42 Å². The lowest BCUT2D eigenvalue weighted by Gasteiger charge is -2.14. The third-order valence-corrected chi connectivity index (χ3v) is 4.24. The lowest BCUT2D eigenvalue weighted by Crippen LogP contribution is -2.36. The van der Waals surface area contributed by atoms with E-state index in [1.54, 1.807) is 13.3 Å². The van der Waals surface area contributed by atoms with Crippen LogP contribution in [0.15, 0.2) is 58.3 Å². The van der Waals surface area contributed by atoms with Gasteiger partial charge in [0.2, 0.25) is 5.89 Å². The Morgan fingerprint density at radius 1 is 1.11 bits per heavy atom. The molecule has 7 heteroatoms. The number of nitrogens with zero attached hydrogens (tertiary/aromatic N) is 4. The van der Waals surface area contributed by atoms with Gasteiger partial charge in [0, 0.05) is 39.4 Å². The Labute approximate surface area is 165 Å². The highest BCUT2D eigenvalue weighted by Gasteiger charge is 2.07. The topological polar surface area (TPSA) is 78.6 Å². The molecule has 146 valence electrons. The summed E-state index contributed by atoms with van der Waals surface area (Å²) in [5.74, 6) is 2.24. The molecule has 0 aliphatic heterocycles. The van der Waals surface area contributed by atoms with E-state index in [9.17, 15) is 0 Å². The second-order valence-corrected chi connectivity index (χ2v) is 6.71. The fraction of sp³-hybridized carbons (Fsp3) is 0.286. The average molecular weight is 378 g/mol. The number of rotatable bonds is 6. The van der Waals surface area contributed by atoms with Crippen LogP contribution < -0.4 is 15.5 Å². The third-order valence-electron chi connectivity index (χ3n) is 4.24. The fourth-order valence-corrected chi connectivity index (χ4v) is 2.61. The van der Waals surface area contributed by atoms with Crippen molar-refractivity contribution >= 4 is 11.8 Å². The van der Waals surface area contributed by atoms with Crippen LogP contribution in [0.3, 0.4) is 0 Å². The minimum Gasteiger partial charge on any atom is -0.444 e. The molecule has 0 spiro atoms. The van der Waals surface area contributed by atoms with Crippen LogP contribution in [0.5, 0.6) is 0 Å². The number of nitrogens with one attached hydrogen (secondary N) is 2. The van der Waals surface area contributed by atoms with Gasteiger partial charge in [-0.05, 0) is 36.8 Å². The van der Waals surface area contributed by atoms with E-state index in [-0.39, 0.29) is 0 Å². The molecular weight excluding hydrogens is 352 g/mol. The number of oxazole rings is 1. The van der Waals surface area contributed by atoms with Gasteiger partial charge in [0.15, 0.2) is 5.96 Å². The van der Waals surface area contributed by atoms with Crippen molar-refractivity contribution in [2.75, 3.05) is 26.0 Å². The van der Waals surface area contributed by atoms with E-state index in [4.69, 9.17) is 4.42 Å². The van der Waals surface area contributed by atoms with Crippen LogP contribution in [0.2, 0.25) is 0 Å². The Bertz CT molecular complexity index is 930. The van der Waals surface area contributed by atoms with Crippen LogP contribution in [0.1, 0.15) is 16.8 Å². The molecule has 3 rings (SSSR count). The minimum absolute atomic E-state index is 0.522. The first kappa shape index (κ1) is 19.4. The molecule has 0 fully saturated rings. The number of guanidine groups is 1. The van der Waals surface area contributed by atoms with Crippen molar-refractivity contribution in [1.29, 1.82) is 0 Å². The van der Waals surface area contributed by atoms with Crippen molar-refractivity contribution in [2.24, 2.45) is 4.99 Å². The quantitative estimate of drug-likeness (QED) is 0.507. The second-order valence-electron chi connectivity index (χ2n) is 6.71. The summed E-state index contributed by atoms with van der Waals surface area (Å²) in [5.41, 5.74) is 4.12. The summed E-state index contributed by atoms with van der Waals surface area (Å²) in [6, 6.07) is 12.1. The molecule has 0 bridgehead atoms. The standard InChI is InChI=1S/C21H26N6O/c1-15-5-7-17(8-6-15)20-26-18(14-28-20)13-25-21(22-2)24-12-16-9-10-23-19(11-16)27(3)4/h5-11,14H,12-13H2,1-4H3,(H2,22,24,25). The summed E-state index contributed by atoms with van der Waals surface area (Å²) in [5, 5.41) is 6.56. The Hall–Kier alpha value is -3.35. The van der Waals surface area contributed by atoms with Gasteiger partial charge in [0.1, 0.15) is 12.1 Å². The van der Waals surface area contributed by atoms with Crippen molar-refractivity contribution in [2.45, 2.75) is 20.0 Å². The molecule has 2 heterocycles. The average Bonchev–Trinajstić information content (AvgIpc) is 3.18. The highest BCUT2D eigenvalue weighted by molar-refractivity contribution is 5.79. The zero-order chi connectivity index (χ0) is 19.9. The minimum atomic E-state index is 0.522. The van der Waals surface area contributed by atoms with E-state index in [0.29, 0.717) is 24.9 Å². The Morgan fingerprint density at radius 2 is 1.86 bits per heavy atom. The number of pyridine rings is 1. The fourth-order valence-electron chi connectivity index (χ4n) is 2.61. The largest absolute Gasteiger partial charge is 0.444 e. The van der Waals surface area contributed by atoms with Gasteiger partial charge in [-0.2, -0.15) is 0 Å². The van der Waals surface area contributed by atoms with E-state index < -0.39 is 0 Å². The summed E-state index contributed by atoms with van der Waals surface area (Å²) >= 11 is 0. The maximum atomic E-state index is 5.60. The highest BCUT2D eigenvalue weighted by Crippen LogP contribution is 2.19. The molecule has 0 aliphatic rings. The molecule has 0 radical (unpaired) electrons. The molecule has 2 aromatic heterocycles. The van der Waals surface area contributed by atoms with Crippen molar-refractivity contribution in [3.63, 3.8) is 0 Å². The van der Waals surface area contributed by atoms with Gasteiger partial charge in [0.25, 0.3) is 0 Å². The molecular formula is C21H26N6O. The monoisotopic (exact) mass is 378 g/mol. The van der Waals surface area contributed by atoms with E-state index in [2.05, 4.69) is 32.5 Å². The zero-order valence-corrected chi connectivity index (χ0v) is 16.7. The molecule has 2 N–H and O–H groups in total. The van der Waals surface area contributed by atoms with Crippen LogP contribution in [0.25, 0.3) is 11.5 Å². The van der Waals surface area contributed by atoms with Crippen LogP contribution in [0.4, 0.5) is 5.82 Å². The molecule has 0 atom stereocenters. The summed E-state index contributed by atoms with van der Waals surface area (Å²) in [7, 11) is 5.69. The highest BCUT2D eigenvalue weighted by atomic mass is 16.3. The van der Waals surface area contributed by atoms with Gasteiger partial charge in [-0.3, -0.25) is 4.99 Å². The Morgan fingerprint density at radius 3 is 2.57 bits per heavy atom. The molecule has 3 aromatic rings. The van der Waals surface area contributed by atoms with Crippen LogP contribution in [-0.4, -0.2) is 37.1 Å². The Balaban J connectivity index is 1.54. The van der Waals surface area contributed by atoms with Gasteiger partial charge in [-0.15, -0.1) is 0 Å². The lowest BCUT2D eigenvalue weighted by molar-refractivity contribution is 0.572. The molecule has 28 heavy (non-hydrogen) atoms. The number of aliphatic imine (C=N–C) groups is 1. The van der Waals surface area contributed by atoms with Crippen LogP contribution >= 0.6 is 0 Å². The molecule has 1 aromatic carbocycles. The number of anilines is 1. The normalized spacial score (nSPS) is 11.4. The molecule has 0 aliphatic carbocycles. The maximum Gasteiger partial charge on any atom is 0.226 e. The molecule has 0 unspecified atom stereocenters. The van der Waals surface area contributed by atoms with Gasteiger partial charge in [-0.25, -0.2) is 9.97 Å². The number of hydrogen-bond donors (Lipinski definition) is 2. The van der Waals surface area contributed by atoms with Crippen LogP contribution in [0, 0.1) is 6.92 Å². The van der Waals surface area contributed by atoms with Crippen molar-refractivity contribution in [3.05, 3.63) is 65.7 Å². The maximum absolute atomic E-state index is 5.60. The number of aryl methyl sites for hydroxylation is 1. The van der Waals surface area contributed by atoms with E-state index in [1.165, 1.54) is 5.56 Å².